The molecule has 0 aliphatic carbocycles. The van der Waals surface area contributed by atoms with Crippen molar-refractivity contribution >= 4 is 37.5 Å². The first-order valence-corrected chi connectivity index (χ1v) is 11.6. The molecule has 0 aromatic heterocycles. The van der Waals surface area contributed by atoms with Gasteiger partial charge in [-0.05, 0) is 36.8 Å². The van der Waals surface area contributed by atoms with E-state index in [0.717, 1.165) is 15.7 Å². The highest BCUT2D eigenvalue weighted by molar-refractivity contribution is 9.10. The Morgan fingerprint density at radius 3 is 2.25 bits per heavy atom. The van der Waals surface area contributed by atoms with Crippen LogP contribution in [-0.4, -0.2) is 55.8 Å². The number of nitrogens with zero attached hydrogens (tertiary/aromatic N) is 2. The summed E-state index contributed by atoms with van der Waals surface area (Å²) < 4.78 is 27.8. The van der Waals surface area contributed by atoms with Crippen molar-refractivity contribution in [1.82, 2.24) is 9.21 Å². The summed E-state index contributed by atoms with van der Waals surface area (Å²) in [5, 5.41) is 2.91. The molecule has 3 rings (SSSR count). The number of piperazine rings is 1. The van der Waals surface area contributed by atoms with E-state index in [1.54, 1.807) is 0 Å². The topological polar surface area (TPSA) is 69.7 Å². The van der Waals surface area contributed by atoms with Crippen LogP contribution in [0.4, 0.5) is 5.69 Å². The summed E-state index contributed by atoms with van der Waals surface area (Å²) in [4.78, 5) is 14.5. The molecule has 1 atom stereocenters. The van der Waals surface area contributed by atoms with Crippen LogP contribution < -0.4 is 5.32 Å². The van der Waals surface area contributed by atoms with E-state index < -0.39 is 10.0 Å². The zero-order chi connectivity index (χ0) is 20.1. The summed E-state index contributed by atoms with van der Waals surface area (Å²) in [5.74, 6) is -0.0871. The number of carbonyl (C=O) groups excluding carboxylic acids is 1. The quantitative estimate of drug-likeness (QED) is 0.711. The molecule has 6 nitrogen and oxygen atoms in total. The Balaban J connectivity index is 1.53. The molecule has 0 saturated carbocycles. The maximum Gasteiger partial charge on any atom is 0.241 e. The van der Waals surface area contributed by atoms with Crippen molar-refractivity contribution in [3.63, 3.8) is 0 Å². The Morgan fingerprint density at radius 1 is 1.04 bits per heavy atom. The van der Waals surface area contributed by atoms with E-state index in [1.165, 1.54) is 4.31 Å². The van der Waals surface area contributed by atoms with Gasteiger partial charge in [-0.3, -0.25) is 9.69 Å². The van der Waals surface area contributed by atoms with E-state index in [-0.39, 0.29) is 17.7 Å². The predicted molar refractivity (Wildman–Crippen MR) is 114 cm³/mol. The summed E-state index contributed by atoms with van der Waals surface area (Å²) in [6.45, 7) is 3.70. The maximum atomic E-state index is 12.7. The molecule has 1 aliphatic rings. The van der Waals surface area contributed by atoms with Gasteiger partial charge in [0.25, 0.3) is 0 Å². The molecular formula is C20H24BrN3O3S. The number of rotatable bonds is 6. The second-order valence-electron chi connectivity index (χ2n) is 6.85. The molecule has 1 N–H and O–H groups in total. The van der Waals surface area contributed by atoms with Crippen LogP contribution in [0.2, 0.25) is 0 Å². The second kappa shape index (κ2) is 9.17. The van der Waals surface area contributed by atoms with Gasteiger partial charge < -0.3 is 5.32 Å². The predicted octanol–water partition coefficient (Wildman–Crippen LogP) is 2.92. The number of amides is 1. The van der Waals surface area contributed by atoms with Crippen molar-refractivity contribution in [2.75, 3.05) is 31.5 Å². The Bertz CT molecular complexity index is 896. The molecule has 2 aromatic carbocycles. The van der Waals surface area contributed by atoms with E-state index in [2.05, 4.69) is 21.2 Å². The SMILES string of the molecule is C[C@@H](C(=O)Nc1ccc(Br)cc1)N1CCN(S(=O)(=O)Cc2ccccc2)CC1. The van der Waals surface area contributed by atoms with Crippen LogP contribution in [0.3, 0.4) is 0 Å². The fourth-order valence-corrected chi connectivity index (χ4v) is 4.97. The molecule has 150 valence electrons. The van der Waals surface area contributed by atoms with Crippen LogP contribution in [0.1, 0.15) is 12.5 Å². The Hall–Kier alpha value is -1.74. The fourth-order valence-electron chi connectivity index (χ4n) is 3.19. The molecular weight excluding hydrogens is 442 g/mol. The Morgan fingerprint density at radius 2 is 1.64 bits per heavy atom. The molecule has 1 heterocycles. The van der Waals surface area contributed by atoms with Gasteiger partial charge in [-0.15, -0.1) is 0 Å². The summed E-state index contributed by atoms with van der Waals surface area (Å²) in [6, 6.07) is 16.3. The number of nitrogens with one attached hydrogen (secondary N) is 1. The molecule has 0 bridgehead atoms. The third kappa shape index (κ3) is 5.41. The Labute approximate surface area is 174 Å². The summed E-state index contributed by atoms with van der Waals surface area (Å²) in [7, 11) is -3.36. The van der Waals surface area contributed by atoms with Gasteiger partial charge in [-0.2, -0.15) is 4.31 Å². The third-order valence-electron chi connectivity index (χ3n) is 4.90. The van der Waals surface area contributed by atoms with Crippen LogP contribution in [0.15, 0.2) is 59.1 Å². The molecule has 8 heteroatoms. The summed E-state index contributed by atoms with van der Waals surface area (Å²) in [5.41, 5.74) is 1.52. The van der Waals surface area contributed by atoms with Crippen LogP contribution in [0.5, 0.6) is 0 Å². The van der Waals surface area contributed by atoms with Crippen LogP contribution in [-0.2, 0) is 20.6 Å². The molecule has 2 aromatic rings. The molecule has 1 aliphatic heterocycles. The highest BCUT2D eigenvalue weighted by Crippen LogP contribution is 2.17. The van der Waals surface area contributed by atoms with Gasteiger partial charge in [0, 0.05) is 36.3 Å². The minimum absolute atomic E-state index is 0.00739. The average molecular weight is 466 g/mol. The first kappa shape index (κ1) is 21.0. The van der Waals surface area contributed by atoms with Gasteiger partial charge in [0.1, 0.15) is 0 Å². The zero-order valence-corrected chi connectivity index (χ0v) is 18.1. The third-order valence-corrected chi connectivity index (χ3v) is 7.28. The smallest absolute Gasteiger partial charge is 0.241 e. The number of sulfonamides is 1. The number of carbonyl (C=O) groups is 1. The molecule has 0 unspecified atom stereocenters. The number of anilines is 1. The van der Waals surface area contributed by atoms with E-state index in [1.807, 2.05) is 66.4 Å². The van der Waals surface area contributed by atoms with E-state index in [9.17, 15) is 13.2 Å². The molecule has 28 heavy (non-hydrogen) atoms. The largest absolute Gasteiger partial charge is 0.325 e. The average Bonchev–Trinajstić information content (AvgIpc) is 2.69. The lowest BCUT2D eigenvalue weighted by molar-refractivity contribution is -0.121. The normalized spacial score (nSPS) is 17.2. The lowest BCUT2D eigenvalue weighted by Gasteiger charge is -2.36. The fraction of sp³-hybridized carbons (Fsp3) is 0.350. The minimum atomic E-state index is -3.36. The monoisotopic (exact) mass is 465 g/mol. The van der Waals surface area contributed by atoms with Gasteiger partial charge in [0.2, 0.25) is 15.9 Å². The number of halogens is 1. The van der Waals surface area contributed by atoms with Gasteiger partial charge >= 0.3 is 0 Å². The van der Waals surface area contributed by atoms with Crippen molar-refractivity contribution in [3.8, 4) is 0 Å². The highest BCUT2D eigenvalue weighted by Gasteiger charge is 2.30. The van der Waals surface area contributed by atoms with Crippen LogP contribution in [0, 0.1) is 0 Å². The molecule has 1 saturated heterocycles. The summed E-state index contributed by atoms with van der Waals surface area (Å²) >= 11 is 3.37. The standard InChI is InChI=1S/C20H24BrN3O3S/c1-16(20(25)22-19-9-7-18(21)8-10-19)23-11-13-24(14-12-23)28(26,27)15-17-5-3-2-4-6-17/h2-10,16H,11-15H2,1H3,(H,22,25)/t16-/m0/s1. The number of benzene rings is 2. The van der Waals surface area contributed by atoms with E-state index in [0.29, 0.717) is 26.2 Å². The van der Waals surface area contributed by atoms with Gasteiger partial charge in [0.15, 0.2) is 0 Å². The zero-order valence-electron chi connectivity index (χ0n) is 15.7. The lowest BCUT2D eigenvalue weighted by atomic mass is 10.2. The molecule has 1 fully saturated rings. The first-order valence-electron chi connectivity index (χ1n) is 9.17. The highest BCUT2D eigenvalue weighted by atomic mass is 79.9. The lowest BCUT2D eigenvalue weighted by Crippen LogP contribution is -2.54. The van der Waals surface area contributed by atoms with Crippen molar-refractivity contribution < 1.29 is 13.2 Å². The first-order chi connectivity index (χ1) is 13.3. The second-order valence-corrected chi connectivity index (χ2v) is 9.73. The number of hydrogen-bond acceptors (Lipinski definition) is 4. The minimum Gasteiger partial charge on any atom is -0.325 e. The van der Waals surface area contributed by atoms with Crippen molar-refractivity contribution in [2.45, 2.75) is 18.7 Å². The van der Waals surface area contributed by atoms with Crippen LogP contribution in [0.25, 0.3) is 0 Å². The van der Waals surface area contributed by atoms with Crippen LogP contribution >= 0.6 is 15.9 Å². The van der Waals surface area contributed by atoms with Gasteiger partial charge in [-0.1, -0.05) is 46.3 Å². The van der Waals surface area contributed by atoms with Crippen molar-refractivity contribution in [2.24, 2.45) is 0 Å². The molecule has 0 spiro atoms. The molecule has 0 radical (unpaired) electrons. The van der Waals surface area contributed by atoms with Crippen molar-refractivity contribution in [1.29, 1.82) is 0 Å². The van der Waals surface area contributed by atoms with Crippen molar-refractivity contribution in [3.05, 3.63) is 64.6 Å². The Kier molecular flexibility index (Phi) is 6.87. The maximum absolute atomic E-state index is 12.7. The van der Waals surface area contributed by atoms with Gasteiger partial charge in [0.05, 0.1) is 11.8 Å². The molecule has 1 amide bonds. The summed E-state index contributed by atoms with van der Waals surface area (Å²) in [6.07, 6.45) is 0. The van der Waals surface area contributed by atoms with E-state index >= 15 is 0 Å². The number of hydrogen-bond donors (Lipinski definition) is 1. The van der Waals surface area contributed by atoms with Gasteiger partial charge in [-0.25, -0.2) is 8.42 Å². The van der Waals surface area contributed by atoms with E-state index in [4.69, 9.17) is 0 Å².